The zero-order valence-corrected chi connectivity index (χ0v) is 14.8. The van der Waals surface area contributed by atoms with Crippen LogP contribution in [0.1, 0.15) is 17.9 Å². The van der Waals surface area contributed by atoms with E-state index in [-0.39, 0.29) is 5.56 Å². The van der Waals surface area contributed by atoms with Crippen molar-refractivity contribution >= 4 is 10.9 Å². The molecule has 4 aromatic rings. The SMILES string of the molecule is Cc1nc(-c2nc3ccc(OCCCc4ccncc4)cc3c(=O)[nH]2)co1. The van der Waals surface area contributed by atoms with Crippen LogP contribution in [0.3, 0.4) is 0 Å². The Labute approximate surface area is 155 Å². The lowest BCUT2D eigenvalue weighted by Crippen LogP contribution is -2.10. The number of fused-ring (bicyclic) bond motifs is 1. The lowest BCUT2D eigenvalue weighted by Gasteiger charge is -2.07. The van der Waals surface area contributed by atoms with Crippen molar-refractivity contribution in [3.63, 3.8) is 0 Å². The van der Waals surface area contributed by atoms with Crippen molar-refractivity contribution in [2.75, 3.05) is 6.61 Å². The molecule has 27 heavy (non-hydrogen) atoms. The molecule has 0 saturated heterocycles. The number of nitrogens with zero attached hydrogens (tertiary/aromatic N) is 3. The first kappa shape index (κ1) is 17.0. The van der Waals surface area contributed by atoms with Gasteiger partial charge < -0.3 is 14.1 Å². The number of hydrogen-bond donors (Lipinski definition) is 1. The maximum Gasteiger partial charge on any atom is 0.259 e. The number of oxazole rings is 1. The highest BCUT2D eigenvalue weighted by atomic mass is 16.5. The van der Waals surface area contributed by atoms with Crippen LogP contribution in [0.4, 0.5) is 0 Å². The van der Waals surface area contributed by atoms with E-state index in [9.17, 15) is 4.79 Å². The summed E-state index contributed by atoms with van der Waals surface area (Å²) >= 11 is 0. The van der Waals surface area contributed by atoms with E-state index in [1.54, 1.807) is 31.5 Å². The van der Waals surface area contributed by atoms with Gasteiger partial charge in [-0.15, -0.1) is 0 Å². The van der Waals surface area contributed by atoms with Crippen LogP contribution in [0.15, 0.2) is 58.2 Å². The molecule has 0 aliphatic rings. The highest BCUT2D eigenvalue weighted by Crippen LogP contribution is 2.20. The fourth-order valence-corrected chi connectivity index (χ4v) is 2.82. The number of aromatic nitrogens is 4. The lowest BCUT2D eigenvalue weighted by atomic mass is 10.1. The second-order valence-electron chi connectivity index (χ2n) is 6.15. The van der Waals surface area contributed by atoms with Gasteiger partial charge in [-0.1, -0.05) is 0 Å². The Bertz CT molecular complexity index is 1120. The van der Waals surface area contributed by atoms with Gasteiger partial charge in [0.15, 0.2) is 11.7 Å². The lowest BCUT2D eigenvalue weighted by molar-refractivity contribution is 0.311. The topological polar surface area (TPSA) is 93.9 Å². The van der Waals surface area contributed by atoms with E-state index in [1.165, 1.54) is 11.8 Å². The van der Waals surface area contributed by atoms with E-state index in [2.05, 4.69) is 19.9 Å². The van der Waals surface area contributed by atoms with Crippen LogP contribution >= 0.6 is 0 Å². The molecule has 7 nitrogen and oxygen atoms in total. The molecule has 0 saturated carbocycles. The minimum Gasteiger partial charge on any atom is -0.494 e. The van der Waals surface area contributed by atoms with Crippen LogP contribution in [-0.2, 0) is 6.42 Å². The van der Waals surface area contributed by atoms with Gasteiger partial charge in [-0.3, -0.25) is 9.78 Å². The first-order valence-electron chi connectivity index (χ1n) is 8.67. The zero-order chi connectivity index (χ0) is 18.6. The molecule has 0 atom stereocenters. The fourth-order valence-electron chi connectivity index (χ4n) is 2.82. The average Bonchev–Trinajstić information content (AvgIpc) is 3.13. The first-order chi connectivity index (χ1) is 13.2. The molecule has 0 spiro atoms. The number of pyridine rings is 1. The molecule has 4 rings (SSSR count). The Hall–Kier alpha value is -3.48. The predicted molar refractivity (Wildman–Crippen MR) is 101 cm³/mol. The number of hydrogen-bond acceptors (Lipinski definition) is 6. The van der Waals surface area contributed by atoms with Gasteiger partial charge in [-0.2, -0.15) is 0 Å². The van der Waals surface area contributed by atoms with Crippen molar-refractivity contribution in [1.82, 2.24) is 19.9 Å². The summed E-state index contributed by atoms with van der Waals surface area (Å²) < 4.78 is 11.0. The molecule has 0 bridgehead atoms. The van der Waals surface area contributed by atoms with E-state index < -0.39 is 0 Å². The van der Waals surface area contributed by atoms with Crippen molar-refractivity contribution in [2.24, 2.45) is 0 Å². The van der Waals surface area contributed by atoms with Crippen LogP contribution < -0.4 is 10.3 Å². The molecule has 7 heteroatoms. The second-order valence-corrected chi connectivity index (χ2v) is 6.15. The number of rotatable bonds is 6. The third-order valence-corrected chi connectivity index (χ3v) is 4.17. The molecule has 3 aromatic heterocycles. The molecule has 1 N–H and O–H groups in total. The molecule has 0 aliphatic heterocycles. The van der Waals surface area contributed by atoms with Crippen molar-refractivity contribution in [3.05, 3.63) is 70.8 Å². The Morgan fingerprint density at radius 3 is 2.78 bits per heavy atom. The summed E-state index contributed by atoms with van der Waals surface area (Å²) in [7, 11) is 0. The minimum atomic E-state index is -0.238. The summed E-state index contributed by atoms with van der Waals surface area (Å²) in [6, 6.07) is 9.30. The predicted octanol–water partition coefficient (Wildman–Crippen LogP) is 3.29. The molecule has 0 fully saturated rings. The maximum atomic E-state index is 12.4. The summed E-state index contributed by atoms with van der Waals surface area (Å²) in [6.07, 6.45) is 6.83. The highest BCUT2D eigenvalue weighted by molar-refractivity contribution is 5.80. The molecule has 1 aromatic carbocycles. The summed E-state index contributed by atoms with van der Waals surface area (Å²) in [5, 5.41) is 0.477. The molecular weight excluding hydrogens is 344 g/mol. The molecular formula is C20H18N4O3. The van der Waals surface area contributed by atoms with Crippen molar-refractivity contribution in [3.8, 4) is 17.3 Å². The van der Waals surface area contributed by atoms with E-state index in [0.717, 1.165) is 12.8 Å². The van der Waals surface area contributed by atoms with E-state index in [1.807, 2.05) is 18.2 Å². The van der Waals surface area contributed by atoms with Gasteiger partial charge in [0.2, 0.25) is 0 Å². The summed E-state index contributed by atoms with van der Waals surface area (Å²) in [5.74, 6) is 1.55. The molecule has 0 unspecified atom stereocenters. The van der Waals surface area contributed by atoms with Gasteiger partial charge in [0.1, 0.15) is 17.7 Å². The Balaban J connectivity index is 1.47. The second kappa shape index (κ2) is 7.41. The van der Waals surface area contributed by atoms with E-state index in [4.69, 9.17) is 9.15 Å². The number of H-pyrrole nitrogens is 1. The van der Waals surface area contributed by atoms with Crippen molar-refractivity contribution < 1.29 is 9.15 Å². The smallest absolute Gasteiger partial charge is 0.259 e. The summed E-state index contributed by atoms with van der Waals surface area (Å²) in [6.45, 7) is 2.30. The monoisotopic (exact) mass is 362 g/mol. The number of ether oxygens (including phenoxy) is 1. The van der Waals surface area contributed by atoms with Crippen LogP contribution in [0.2, 0.25) is 0 Å². The Kier molecular flexibility index (Phi) is 4.65. The average molecular weight is 362 g/mol. The fraction of sp³-hybridized carbons (Fsp3) is 0.200. The number of nitrogens with one attached hydrogen (secondary N) is 1. The van der Waals surface area contributed by atoms with Gasteiger partial charge in [0.25, 0.3) is 5.56 Å². The van der Waals surface area contributed by atoms with Crippen LogP contribution in [0.25, 0.3) is 22.4 Å². The quantitative estimate of drug-likeness (QED) is 0.529. The largest absolute Gasteiger partial charge is 0.494 e. The number of aryl methyl sites for hydroxylation is 2. The van der Waals surface area contributed by atoms with Gasteiger partial charge in [0.05, 0.1) is 17.5 Å². The molecule has 0 radical (unpaired) electrons. The van der Waals surface area contributed by atoms with Gasteiger partial charge >= 0.3 is 0 Å². The highest BCUT2D eigenvalue weighted by Gasteiger charge is 2.10. The number of benzene rings is 1. The standard InChI is InChI=1S/C20H18N4O3/c1-13-22-18(12-27-13)19-23-17-5-4-15(11-16(17)20(25)24-19)26-10-2-3-14-6-8-21-9-7-14/h4-9,11-12H,2-3,10H2,1H3,(H,23,24,25). The van der Waals surface area contributed by atoms with Crippen molar-refractivity contribution in [2.45, 2.75) is 19.8 Å². The van der Waals surface area contributed by atoms with Crippen LogP contribution in [0, 0.1) is 6.92 Å². The Morgan fingerprint density at radius 2 is 2.00 bits per heavy atom. The molecule has 0 amide bonds. The van der Waals surface area contributed by atoms with Gasteiger partial charge in [0, 0.05) is 19.3 Å². The molecule has 0 aliphatic carbocycles. The van der Waals surface area contributed by atoms with E-state index >= 15 is 0 Å². The summed E-state index contributed by atoms with van der Waals surface area (Å²) in [5.41, 5.74) is 2.07. The van der Waals surface area contributed by atoms with Gasteiger partial charge in [-0.05, 0) is 48.7 Å². The van der Waals surface area contributed by atoms with Gasteiger partial charge in [-0.25, -0.2) is 9.97 Å². The van der Waals surface area contributed by atoms with E-state index in [0.29, 0.717) is 40.7 Å². The normalized spacial score (nSPS) is 11.0. The third-order valence-electron chi connectivity index (χ3n) is 4.17. The zero-order valence-electron chi connectivity index (χ0n) is 14.8. The first-order valence-corrected chi connectivity index (χ1v) is 8.67. The number of aromatic amines is 1. The third kappa shape index (κ3) is 3.87. The molecule has 136 valence electrons. The Morgan fingerprint density at radius 1 is 1.15 bits per heavy atom. The maximum absolute atomic E-state index is 12.4. The molecule has 3 heterocycles. The van der Waals surface area contributed by atoms with Crippen molar-refractivity contribution in [1.29, 1.82) is 0 Å². The van der Waals surface area contributed by atoms with Crippen LogP contribution in [-0.4, -0.2) is 26.5 Å². The summed E-state index contributed by atoms with van der Waals surface area (Å²) in [4.78, 5) is 27.8. The minimum absolute atomic E-state index is 0.238. The van der Waals surface area contributed by atoms with Crippen LogP contribution in [0.5, 0.6) is 5.75 Å².